The van der Waals surface area contributed by atoms with Crippen LogP contribution in [0, 0.1) is 5.92 Å². The molecular formula is C10H10O2. The summed E-state index contributed by atoms with van der Waals surface area (Å²) in [5.41, 5.74) is 1.51. The van der Waals surface area contributed by atoms with Gasteiger partial charge in [-0.25, -0.2) is 0 Å². The molecule has 0 saturated heterocycles. The molecule has 1 N–H and O–H groups in total. The van der Waals surface area contributed by atoms with E-state index in [1.165, 1.54) is 0 Å². The Morgan fingerprint density at radius 1 is 1.50 bits per heavy atom. The van der Waals surface area contributed by atoms with Gasteiger partial charge in [-0.3, -0.25) is 4.79 Å². The molecular weight excluding hydrogens is 152 g/mol. The zero-order valence-corrected chi connectivity index (χ0v) is 6.87. The second-order valence-corrected chi connectivity index (χ2v) is 3.27. The van der Waals surface area contributed by atoms with Crippen molar-refractivity contribution in [3.05, 3.63) is 29.3 Å². The Kier molecular flexibility index (Phi) is 1.43. The lowest BCUT2D eigenvalue weighted by Crippen LogP contribution is -2.02. The van der Waals surface area contributed by atoms with Gasteiger partial charge in [-0.1, -0.05) is 19.1 Å². The summed E-state index contributed by atoms with van der Waals surface area (Å²) >= 11 is 0. The number of aromatic hydroxyl groups is 1. The number of Topliss-reactive ketones (excluding diaryl/α,β-unsaturated/α-hetero) is 1. The summed E-state index contributed by atoms with van der Waals surface area (Å²) in [6.45, 7) is 1.89. The zero-order chi connectivity index (χ0) is 8.72. The van der Waals surface area contributed by atoms with E-state index in [4.69, 9.17) is 0 Å². The smallest absolute Gasteiger partial charge is 0.166 e. The van der Waals surface area contributed by atoms with Crippen LogP contribution in [0.2, 0.25) is 0 Å². The summed E-state index contributed by atoms with van der Waals surface area (Å²) in [5, 5.41) is 9.41. The highest BCUT2D eigenvalue weighted by Gasteiger charge is 2.28. The number of carbonyl (C=O) groups excluding carboxylic acids is 1. The van der Waals surface area contributed by atoms with Gasteiger partial charge in [0.05, 0.1) is 0 Å². The maximum Gasteiger partial charge on any atom is 0.166 e. The lowest BCUT2D eigenvalue weighted by molar-refractivity contribution is 0.0946. The van der Waals surface area contributed by atoms with E-state index >= 15 is 0 Å². The Morgan fingerprint density at radius 2 is 2.25 bits per heavy atom. The number of rotatable bonds is 0. The minimum Gasteiger partial charge on any atom is -0.508 e. The molecule has 12 heavy (non-hydrogen) atoms. The second-order valence-electron chi connectivity index (χ2n) is 3.27. The van der Waals surface area contributed by atoms with Gasteiger partial charge in [0.1, 0.15) is 5.75 Å². The van der Waals surface area contributed by atoms with E-state index in [0.717, 1.165) is 5.56 Å². The molecule has 1 aliphatic rings. The van der Waals surface area contributed by atoms with Crippen molar-refractivity contribution >= 4 is 5.78 Å². The predicted molar refractivity (Wildman–Crippen MR) is 45.3 cm³/mol. The largest absolute Gasteiger partial charge is 0.508 e. The molecule has 2 nitrogen and oxygen atoms in total. The Bertz CT molecular complexity index is 342. The first-order chi connectivity index (χ1) is 5.70. The van der Waals surface area contributed by atoms with Crippen molar-refractivity contribution in [2.75, 3.05) is 0 Å². The van der Waals surface area contributed by atoms with E-state index in [2.05, 4.69) is 0 Å². The summed E-state index contributed by atoms with van der Waals surface area (Å²) in [4.78, 5) is 11.4. The van der Waals surface area contributed by atoms with Gasteiger partial charge >= 0.3 is 0 Å². The van der Waals surface area contributed by atoms with Crippen LogP contribution >= 0.6 is 0 Å². The van der Waals surface area contributed by atoms with Crippen molar-refractivity contribution in [2.45, 2.75) is 13.3 Å². The Hall–Kier alpha value is -1.31. The second kappa shape index (κ2) is 2.34. The van der Waals surface area contributed by atoms with E-state index in [1.807, 2.05) is 6.92 Å². The first kappa shape index (κ1) is 7.35. The van der Waals surface area contributed by atoms with E-state index in [1.54, 1.807) is 18.2 Å². The van der Waals surface area contributed by atoms with Crippen LogP contribution in [0.25, 0.3) is 0 Å². The van der Waals surface area contributed by atoms with E-state index in [-0.39, 0.29) is 17.5 Å². The fourth-order valence-electron chi connectivity index (χ4n) is 1.68. The predicted octanol–water partition coefficient (Wildman–Crippen LogP) is 1.77. The molecule has 2 rings (SSSR count). The lowest BCUT2D eigenvalue weighted by Gasteiger charge is -1.98. The molecule has 62 valence electrons. The van der Waals surface area contributed by atoms with Crippen LogP contribution in [0.4, 0.5) is 0 Å². The number of hydrogen-bond acceptors (Lipinski definition) is 2. The van der Waals surface area contributed by atoms with Crippen LogP contribution in [0.15, 0.2) is 18.2 Å². The number of phenolic OH excluding ortho intramolecular Hbond substituents is 1. The van der Waals surface area contributed by atoms with Crippen LogP contribution in [0.3, 0.4) is 0 Å². The van der Waals surface area contributed by atoms with Crippen LogP contribution in [0.1, 0.15) is 22.8 Å². The molecule has 1 aliphatic carbocycles. The van der Waals surface area contributed by atoms with E-state index in [0.29, 0.717) is 12.0 Å². The van der Waals surface area contributed by atoms with Crippen molar-refractivity contribution in [2.24, 2.45) is 5.92 Å². The highest BCUT2D eigenvalue weighted by molar-refractivity contribution is 6.02. The molecule has 0 spiro atoms. The normalized spacial score (nSPS) is 21.1. The van der Waals surface area contributed by atoms with Gasteiger partial charge in [0.2, 0.25) is 0 Å². The van der Waals surface area contributed by atoms with Crippen molar-refractivity contribution in [1.82, 2.24) is 0 Å². The quantitative estimate of drug-likeness (QED) is 0.631. The Morgan fingerprint density at radius 3 is 2.92 bits per heavy atom. The Labute approximate surface area is 70.8 Å². The third kappa shape index (κ3) is 0.843. The molecule has 0 amide bonds. The number of fused-ring (bicyclic) bond motifs is 1. The summed E-state index contributed by atoms with van der Waals surface area (Å²) in [5.74, 6) is 0.444. The van der Waals surface area contributed by atoms with Gasteiger partial charge in [0, 0.05) is 17.0 Å². The van der Waals surface area contributed by atoms with Crippen molar-refractivity contribution < 1.29 is 9.90 Å². The van der Waals surface area contributed by atoms with Gasteiger partial charge in [-0.15, -0.1) is 0 Å². The van der Waals surface area contributed by atoms with Crippen LogP contribution in [0.5, 0.6) is 5.75 Å². The highest BCUT2D eigenvalue weighted by Crippen LogP contribution is 2.32. The molecule has 0 aromatic heterocycles. The van der Waals surface area contributed by atoms with Gasteiger partial charge in [-0.2, -0.15) is 0 Å². The number of hydrogen-bond donors (Lipinski definition) is 1. The monoisotopic (exact) mass is 162 g/mol. The molecule has 0 radical (unpaired) electrons. The fourth-order valence-corrected chi connectivity index (χ4v) is 1.68. The number of phenols is 1. The standard InChI is InChI=1S/C10H10O2/c1-6-5-8-7(10(6)12)3-2-4-9(8)11/h2-4,6,11H,5H2,1H3. The molecule has 0 aliphatic heterocycles. The molecule has 1 atom stereocenters. The molecule has 0 bridgehead atoms. The molecule has 1 aromatic carbocycles. The highest BCUT2D eigenvalue weighted by atomic mass is 16.3. The summed E-state index contributed by atoms with van der Waals surface area (Å²) in [6, 6.07) is 5.12. The maximum absolute atomic E-state index is 11.4. The minimum atomic E-state index is 0.0355. The first-order valence-corrected chi connectivity index (χ1v) is 4.05. The van der Waals surface area contributed by atoms with Crippen LogP contribution in [-0.4, -0.2) is 10.9 Å². The van der Waals surface area contributed by atoms with Gasteiger partial charge in [-0.05, 0) is 12.5 Å². The van der Waals surface area contributed by atoms with Gasteiger partial charge < -0.3 is 5.11 Å². The van der Waals surface area contributed by atoms with Crippen LogP contribution < -0.4 is 0 Å². The minimum absolute atomic E-state index is 0.0355. The number of benzene rings is 1. The lowest BCUT2D eigenvalue weighted by atomic mass is 10.1. The molecule has 2 heteroatoms. The zero-order valence-electron chi connectivity index (χ0n) is 6.87. The molecule has 1 aromatic rings. The summed E-state index contributed by atoms with van der Waals surface area (Å²) < 4.78 is 0. The molecule has 0 heterocycles. The summed E-state index contributed by atoms with van der Waals surface area (Å²) in [7, 11) is 0. The number of carbonyl (C=O) groups is 1. The third-order valence-corrected chi connectivity index (χ3v) is 2.37. The SMILES string of the molecule is CC1Cc2c(O)cccc2C1=O. The Balaban J connectivity index is 2.61. The topological polar surface area (TPSA) is 37.3 Å². The maximum atomic E-state index is 11.4. The average Bonchev–Trinajstić information content (AvgIpc) is 2.32. The van der Waals surface area contributed by atoms with Gasteiger partial charge in [0.15, 0.2) is 5.78 Å². The van der Waals surface area contributed by atoms with E-state index in [9.17, 15) is 9.90 Å². The summed E-state index contributed by atoms with van der Waals surface area (Å²) in [6.07, 6.45) is 0.681. The van der Waals surface area contributed by atoms with Crippen molar-refractivity contribution in [3.8, 4) is 5.75 Å². The van der Waals surface area contributed by atoms with Gasteiger partial charge in [0.25, 0.3) is 0 Å². The van der Waals surface area contributed by atoms with Crippen LogP contribution in [-0.2, 0) is 6.42 Å². The number of ketones is 1. The molecule has 0 saturated carbocycles. The first-order valence-electron chi connectivity index (χ1n) is 4.05. The van der Waals surface area contributed by atoms with Crippen molar-refractivity contribution in [3.63, 3.8) is 0 Å². The molecule has 1 unspecified atom stereocenters. The fraction of sp³-hybridized carbons (Fsp3) is 0.300. The average molecular weight is 162 g/mol. The molecule has 0 fully saturated rings. The van der Waals surface area contributed by atoms with Crippen molar-refractivity contribution in [1.29, 1.82) is 0 Å². The van der Waals surface area contributed by atoms with E-state index < -0.39 is 0 Å². The third-order valence-electron chi connectivity index (χ3n) is 2.37.